The van der Waals surface area contributed by atoms with Crippen LogP contribution in [0.15, 0.2) is 18.3 Å². The first kappa shape index (κ1) is 19.1. The highest BCUT2D eigenvalue weighted by atomic mass is 16.7. The van der Waals surface area contributed by atoms with Gasteiger partial charge >= 0.3 is 24.3 Å². The molecule has 2 aromatic rings. The lowest BCUT2D eigenvalue weighted by atomic mass is 10.2. The molecule has 0 aliphatic rings. The lowest BCUT2D eigenvalue weighted by Gasteiger charge is -2.19. The van der Waals surface area contributed by atoms with Gasteiger partial charge in [0, 0.05) is 20.8 Å². The topological polar surface area (TPSA) is 102 Å². The summed E-state index contributed by atoms with van der Waals surface area (Å²) in [7, 11) is 2.85. The molecule has 2 rings (SSSR count). The van der Waals surface area contributed by atoms with Crippen LogP contribution >= 0.6 is 0 Å². The molecule has 0 aliphatic carbocycles. The first-order chi connectivity index (χ1) is 12.3. The Morgan fingerprint density at radius 2 is 1.46 bits per heavy atom. The number of nitrogens with zero attached hydrogens (tertiary/aromatic N) is 1. The smallest absolute Gasteiger partial charge is 0.335 e. The molecule has 0 saturated heterocycles. The van der Waals surface area contributed by atoms with Gasteiger partial charge in [0.05, 0.1) is 31.3 Å². The highest BCUT2D eigenvalue weighted by molar-refractivity contribution is 5.96. The first-order valence-electron chi connectivity index (χ1n) is 7.56. The number of rotatable bonds is 6. The zero-order valence-corrected chi connectivity index (χ0v) is 15.0. The van der Waals surface area contributed by atoms with Crippen LogP contribution in [0, 0.1) is 0 Å². The van der Waals surface area contributed by atoms with Gasteiger partial charge in [0.25, 0.3) is 0 Å². The van der Waals surface area contributed by atoms with Crippen LogP contribution in [0.2, 0.25) is 0 Å². The van der Waals surface area contributed by atoms with Crippen LogP contribution in [0.4, 0.5) is 0 Å². The second kappa shape index (κ2) is 7.77. The highest BCUT2D eigenvalue weighted by Gasteiger charge is 2.26. The summed E-state index contributed by atoms with van der Waals surface area (Å²) in [5.41, 5.74) is 0.436. The Kier molecular flexibility index (Phi) is 5.71. The minimum Gasteiger partial charge on any atom is -0.494 e. The molecule has 0 unspecified atom stereocenters. The van der Waals surface area contributed by atoms with E-state index >= 15 is 0 Å². The number of fused-ring (bicyclic) bond motifs is 1. The van der Waals surface area contributed by atoms with Gasteiger partial charge in [0.15, 0.2) is 11.5 Å². The molecule has 0 amide bonds. The maximum Gasteiger partial charge on any atom is 0.335 e. The molecular weight excluding hydrogens is 346 g/mol. The number of methoxy groups -OCH3 is 2. The number of carbonyl (C=O) groups excluding carboxylic acids is 3. The Morgan fingerprint density at radius 1 is 0.885 bits per heavy atom. The summed E-state index contributed by atoms with van der Waals surface area (Å²) < 4.78 is 27.4. The molecule has 0 aliphatic heterocycles. The Balaban J connectivity index is 2.73. The van der Waals surface area contributed by atoms with Crippen molar-refractivity contribution in [2.45, 2.75) is 27.2 Å². The molecule has 9 heteroatoms. The third-order valence-corrected chi connectivity index (χ3v) is 3.33. The van der Waals surface area contributed by atoms with Gasteiger partial charge in [-0.2, -0.15) is 0 Å². The molecule has 0 saturated carbocycles. The second-order valence-electron chi connectivity index (χ2n) is 5.22. The zero-order chi connectivity index (χ0) is 19.4. The summed E-state index contributed by atoms with van der Waals surface area (Å²) in [6, 6.07) is 3.19. The van der Waals surface area contributed by atoms with Crippen LogP contribution in [-0.4, -0.2) is 36.7 Å². The number of carbonyl (C=O) groups is 3. The van der Waals surface area contributed by atoms with Crippen LogP contribution in [0.3, 0.4) is 0 Å². The number of hydrogen-bond acceptors (Lipinski definition) is 8. The fraction of sp³-hybridized carbons (Fsp3) is 0.353. The maximum absolute atomic E-state index is 11.5. The number of benzene rings is 1. The molecular formula is C17H19NO8. The average Bonchev–Trinajstić information content (AvgIpc) is 2.92. The summed E-state index contributed by atoms with van der Waals surface area (Å²) in [6.07, 6.45) is 0.114. The number of ether oxygens (including phenoxy) is 5. The van der Waals surface area contributed by atoms with Crippen molar-refractivity contribution in [2.24, 2.45) is 0 Å². The van der Waals surface area contributed by atoms with E-state index in [0.29, 0.717) is 22.4 Å². The summed E-state index contributed by atoms with van der Waals surface area (Å²) in [5, 5.41) is 0.395. The largest absolute Gasteiger partial charge is 0.494 e. The summed E-state index contributed by atoms with van der Waals surface area (Å²) in [4.78, 5) is 34.3. The molecule has 1 heterocycles. The van der Waals surface area contributed by atoms with Crippen molar-refractivity contribution in [3.8, 4) is 17.2 Å². The van der Waals surface area contributed by atoms with Crippen LogP contribution in [0.5, 0.6) is 17.2 Å². The molecule has 1 aromatic heterocycles. The lowest BCUT2D eigenvalue weighted by Crippen LogP contribution is -2.20. The van der Waals surface area contributed by atoms with Gasteiger partial charge in [0.1, 0.15) is 5.75 Å². The maximum atomic E-state index is 11.5. The molecule has 0 N–H and O–H groups in total. The van der Waals surface area contributed by atoms with E-state index in [2.05, 4.69) is 0 Å². The van der Waals surface area contributed by atoms with Crippen molar-refractivity contribution < 1.29 is 38.1 Å². The third-order valence-electron chi connectivity index (χ3n) is 3.33. The molecule has 9 nitrogen and oxygen atoms in total. The quantitative estimate of drug-likeness (QED) is 0.436. The zero-order valence-electron chi connectivity index (χ0n) is 15.0. The van der Waals surface area contributed by atoms with Crippen molar-refractivity contribution in [2.75, 3.05) is 14.2 Å². The molecule has 0 radical (unpaired) electrons. The summed E-state index contributed by atoms with van der Waals surface area (Å²) in [5.74, 6) is -1.10. The van der Waals surface area contributed by atoms with E-state index in [0.717, 1.165) is 0 Å². The van der Waals surface area contributed by atoms with E-state index < -0.39 is 24.3 Å². The summed E-state index contributed by atoms with van der Waals surface area (Å²) >= 11 is 0. The SMILES string of the molecule is COc1ccc2c(c(OC)cn2C(OC(C)=O)OC(C)=O)c1OC(C)=O. The number of aromatic nitrogens is 1. The van der Waals surface area contributed by atoms with Crippen molar-refractivity contribution in [3.05, 3.63) is 18.3 Å². The van der Waals surface area contributed by atoms with Crippen molar-refractivity contribution in [1.29, 1.82) is 0 Å². The normalized spacial score (nSPS) is 10.5. The van der Waals surface area contributed by atoms with Gasteiger partial charge in [-0.15, -0.1) is 0 Å². The Morgan fingerprint density at radius 3 is 1.92 bits per heavy atom. The van der Waals surface area contributed by atoms with Crippen molar-refractivity contribution in [1.82, 2.24) is 4.57 Å². The minimum atomic E-state index is -1.35. The molecule has 140 valence electrons. The predicted molar refractivity (Wildman–Crippen MR) is 88.9 cm³/mol. The molecule has 0 spiro atoms. The van der Waals surface area contributed by atoms with Crippen LogP contribution in [-0.2, 0) is 23.9 Å². The lowest BCUT2D eigenvalue weighted by molar-refractivity contribution is -0.202. The minimum absolute atomic E-state index is 0.137. The summed E-state index contributed by atoms with van der Waals surface area (Å²) in [6.45, 7) is 3.63. The van der Waals surface area contributed by atoms with Gasteiger partial charge in [-0.05, 0) is 12.1 Å². The van der Waals surface area contributed by atoms with Crippen LogP contribution in [0.1, 0.15) is 27.2 Å². The number of hydrogen-bond donors (Lipinski definition) is 0. The highest BCUT2D eigenvalue weighted by Crippen LogP contribution is 2.43. The monoisotopic (exact) mass is 365 g/mol. The van der Waals surface area contributed by atoms with Gasteiger partial charge in [-0.25, -0.2) is 0 Å². The van der Waals surface area contributed by atoms with E-state index in [1.807, 2.05) is 0 Å². The molecule has 0 atom stereocenters. The van der Waals surface area contributed by atoms with Crippen LogP contribution < -0.4 is 14.2 Å². The Labute approximate surface area is 149 Å². The standard InChI is InChI=1S/C17H19NO8/c1-9(19)24-16-13(22-4)7-6-12-15(16)14(23-5)8-18(12)17(25-10(2)20)26-11(3)21/h6-8,17H,1-5H3. The molecule has 1 aromatic carbocycles. The molecule has 26 heavy (non-hydrogen) atoms. The van der Waals surface area contributed by atoms with Crippen molar-refractivity contribution in [3.63, 3.8) is 0 Å². The second-order valence-corrected chi connectivity index (χ2v) is 5.22. The Bertz CT molecular complexity index is 838. The van der Waals surface area contributed by atoms with E-state index in [-0.39, 0.29) is 5.75 Å². The van der Waals surface area contributed by atoms with E-state index in [1.165, 1.54) is 45.8 Å². The van der Waals surface area contributed by atoms with Gasteiger partial charge in [-0.3, -0.25) is 19.0 Å². The average molecular weight is 365 g/mol. The first-order valence-corrected chi connectivity index (χ1v) is 7.56. The molecule has 0 bridgehead atoms. The van der Waals surface area contributed by atoms with Crippen molar-refractivity contribution >= 4 is 28.8 Å². The number of esters is 3. The van der Waals surface area contributed by atoms with E-state index in [9.17, 15) is 14.4 Å². The predicted octanol–water partition coefficient (Wildman–Crippen LogP) is 2.17. The van der Waals surface area contributed by atoms with Crippen LogP contribution in [0.25, 0.3) is 10.9 Å². The molecule has 0 fully saturated rings. The Hall–Kier alpha value is -3.23. The van der Waals surface area contributed by atoms with E-state index in [1.54, 1.807) is 12.1 Å². The fourth-order valence-corrected chi connectivity index (χ4v) is 2.42. The van der Waals surface area contributed by atoms with E-state index in [4.69, 9.17) is 23.7 Å². The van der Waals surface area contributed by atoms with Gasteiger partial charge < -0.3 is 23.7 Å². The van der Waals surface area contributed by atoms with Gasteiger partial charge in [-0.1, -0.05) is 0 Å². The van der Waals surface area contributed by atoms with Gasteiger partial charge in [0.2, 0.25) is 0 Å². The fourth-order valence-electron chi connectivity index (χ4n) is 2.42. The third kappa shape index (κ3) is 3.88.